The zero-order chi connectivity index (χ0) is 24.7. The van der Waals surface area contributed by atoms with Crippen LogP contribution in [0.25, 0.3) is 11.2 Å². The maximum atomic E-state index is 13.8. The molecule has 0 saturated carbocycles. The molecule has 35 heavy (non-hydrogen) atoms. The second-order valence-corrected chi connectivity index (χ2v) is 8.55. The van der Waals surface area contributed by atoms with Crippen molar-refractivity contribution in [3.63, 3.8) is 0 Å². The Balaban J connectivity index is 1.44. The van der Waals surface area contributed by atoms with E-state index in [4.69, 9.17) is 0 Å². The SMILES string of the molecule is Cn1cnc2c1c(=O)n(CCCN1C(=O)NC(c3ccccc3)(c3ccccc3)C1=O)c(=O)n2C. The number of hydrogen-bond acceptors (Lipinski definition) is 5. The zero-order valence-electron chi connectivity index (χ0n) is 19.3. The van der Waals surface area contributed by atoms with Crippen molar-refractivity contribution in [2.75, 3.05) is 6.54 Å². The van der Waals surface area contributed by atoms with Gasteiger partial charge in [0, 0.05) is 27.2 Å². The van der Waals surface area contributed by atoms with Gasteiger partial charge in [0.1, 0.15) is 0 Å². The lowest BCUT2D eigenvalue weighted by atomic mass is 9.82. The highest BCUT2D eigenvalue weighted by Crippen LogP contribution is 2.36. The van der Waals surface area contributed by atoms with Gasteiger partial charge in [-0.1, -0.05) is 60.7 Å². The molecule has 5 rings (SSSR count). The highest BCUT2D eigenvalue weighted by molar-refractivity contribution is 6.09. The third-order valence-corrected chi connectivity index (χ3v) is 6.48. The molecule has 3 amide bonds. The summed E-state index contributed by atoms with van der Waals surface area (Å²) in [4.78, 5) is 57.7. The van der Waals surface area contributed by atoms with Gasteiger partial charge < -0.3 is 9.88 Å². The molecule has 3 heterocycles. The molecule has 2 aromatic carbocycles. The minimum atomic E-state index is -1.35. The van der Waals surface area contributed by atoms with E-state index in [1.54, 1.807) is 42.9 Å². The van der Waals surface area contributed by atoms with Crippen molar-refractivity contribution in [3.8, 4) is 0 Å². The minimum Gasteiger partial charge on any atom is -0.328 e. The summed E-state index contributed by atoms with van der Waals surface area (Å²) in [5.41, 5.74) is -0.375. The zero-order valence-corrected chi connectivity index (χ0v) is 19.3. The number of nitrogens with one attached hydrogen (secondary N) is 1. The van der Waals surface area contributed by atoms with Crippen LogP contribution in [-0.4, -0.2) is 42.1 Å². The topological polar surface area (TPSA) is 111 Å². The van der Waals surface area contributed by atoms with Crippen molar-refractivity contribution in [1.82, 2.24) is 28.9 Å². The summed E-state index contributed by atoms with van der Waals surface area (Å²) in [6, 6.07) is 17.7. The number of aryl methyl sites for hydroxylation is 2. The molecule has 1 fully saturated rings. The summed E-state index contributed by atoms with van der Waals surface area (Å²) < 4.78 is 4.00. The molecule has 0 spiro atoms. The highest BCUT2D eigenvalue weighted by atomic mass is 16.2. The van der Waals surface area contributed by atoms with Crippen molar-refractivity contribution in [3.05, 3.63) is 99.0 Å². The Morgan fingerprint density at radius 3 is 2.06 bits per heavy atom. The average Bonchev–Trinajstić information content (AvgIpc) is 3.39. The first-order valence-corrected chi connectivity index (χ1v) is 11.2. The summed E-state index contributed by atoms with van der Waals surface area (Å²) in [5.74, 6) is -0.401. The molecule has 0 aliphatic carbocycles. The predicted octanol–water partition coefficient (Wildman–Crippen LogP) is 1.32. The Morgan fingerprint density at radius 1 is 0.857 bits per heavy atom. The molecule has 4 aromatic rings. The smallest absolute Gasteiger partial charge is 0.328 e. The summed E-state index contributed by atoms with van der Waals surface area (Å²) in [7, 11) is 3.24. The number of rotatable bonds is 6. The lowest BCUT2D eigenvalue weighted by Crippen LogP contribution is -2.45. The maximum Gasteiger partial charge on any atom is 0.332 e. The van der Waals surface area contributed by atoms with Gasteiger partial charge in [0.2, 0.25) is 0 Å². The number of amides is 3. The Bertz CT molecular complexity index is 1510. The van der Waals surface area contributed by atoms with Crippen molar-refractivity contribution in [1.29, 1.82) is 0 Å². The Kier molecular flexibility index (Phi) is 5.35. The summed E-state index contributed by atoms with van der Waals surface area (Å²) in [6.07, 6.45) is 1.72. The molecule has 1 aliphatic heterocycles. The number of imidazole rings is 1. The van der Waals surface area contributed by atoms with Gasteiger partial charge in [-0.2, -0.15) is 0 Å². The second kappa shape index (κ2) is 8.39. The van der Waals surface area contributed by atoms with E-state index in [1.807, 2.05) is 36.4 Å². The second-order valence-electron chi connectivity index (χ2n) is 8.55. The summed E-state index contributed by atoms with van der Waals surface area (Å²) in [6.45, 7) is 0.0957. The number of carbonyl (C=O) groups excluding carboxylic acids is 2. The maximum absolute atomic E-state index is 13.8. The predicted molar refractivity (Wildman–Crippen MR) is 129 cm³/mol. The monoisotopic (exact) mass is 472 g/mol. The van der Waals surface area contributed by atoms with Crippen LogP contribution in [0.15, 0.2) is 76.6 Å². The Morgan fingerprint density at radius 2 is 1.46 bits per heavy atom. The molecule has 2 aromatic heterocycles. The summed E-state index contributed by atoms with van der Waals surface area (Å²) >= 11 is 0. The van der Waals surface area contributed by atoms with Crippen LogP contribution in [0.1, 0.15) is 17.5 Å². The quantitative estimate of drug-likeness (QED) is 0.426. The average molecular weight is 473 g/mol. The van der Waals surface area contributed by atoms with Crippen LogP contribution in [0.5, 0.6) is 0 Å². The molecule has 178 valence electrons. The molecule has 0 bridgehead atoms. The minimum absolute atomic E-state index is 0.0467. The molecule has 1 N–H and O–H groups in total. The van der Waals surface area contributed by atoms with Crippen LogP contribution in [0.4, 0.5) is 4.79 Å². The van der Waals surface area contributed by atoms with Gasteiger partial charge in [0.05, 0.1) is 6.33 Å². The highest BCUT2D eigenvalue weighted by Gasteiger charge is 2.53. The number of aromatic nitrogens is 4. The number of imide groups is 1. The van der Waals surface area contributed by atoms with Crippen LogP contribution >= 0.6 is 0 Å². The van der Waals surface area contributed by atoms with Gasteiger partial charge in [-0.25, -0.2) is 14.6 Å². The van der Waals surface area contributed by atoms with E-state index in [2.05, 4.69) is 10.3 Å². The van der Waals surface area contributed by atoms with E-state index in [9.17, 15) is 19.2 Å². The van der Waals surface area contributed by atoms with Gasteiger partial charge in [0.25, 0.3) is 11.5 Å². The molecule has 0 unspecified atom stereocenters. The lowest BCUT2D eigenvalue weighted by molar-refractivity contribution is -0.130. The van der Waals surface area contributed by atoms with Crippen LogP contribution < -0.4 is 16.6 Å². The van der Waals surface area contributed by atoms with Crippen molar-refractivity contribution >= 4 is 23.1 Å². The molecular formula is C25H24N6O4. The van der Waals surface area contributed by atoms with Crippen molar-refractivity contribution in [2.45, 2.75) is 18.5 Å². The van der Waals surface area contributed by atoms with Gasteiger partial charge in [-0.15, -0.1) is 0 Å². The number of benzene rings is 2. The third kappa shape index (κ3) is 3.37. The normalized spacial score (nSPS) is 15.1. The molecule has 1 saturated heterocycles. The number of fused-ring (bicyclic) bond motifs is 1. The van der Waals surface area contributed by atoms with Crippen molar-refractivity contribution < 1.29 is 9.59 Å². The van der Waals surface area contributed by atoms with E-state index in [1.165, 1.54) is 10.9 Å². The Labute approximate surface area is 200 Å². The number of hydrogen-bond donors (Lipinski definition) is 1. The van der Waals surface area contributed by atoms with E-state index in [0.29, 0.717) is 22.3 Å². The first kappa shape index (κ1) is 22.3. The fourth-order valence-corrected chi connectivity index (χ4v) is 4.69. The standard InChI is InChI=1S/C25H24N6O4/c1-28-16-26-20-19(28)21(32)30(24(35)29(20)2)14-9-15-31-22(33)25(27-23(31)34,17-10-5-3-6-11-17)18-12-7-4-8-13-18/h3-8,10-13,16H,9,14-15H2,1-2H3,(H,27,34). The van der Waals surface area contributed by atoms with Crippen LogP contribution in [0.3, 0.4) is 0 Å². The fourth-order valence-electron chi connectivity index (χ4n) is 4.69. The van der Waals surface area contributed by atoms with Crippen LogP contribution in [-0.2, 0) is 31.0 Å². The molecule has 10 nitrogen and oxygen atoms in total. The first-order valence-electron chi connectivity index (χ1n) is 11.2. The van der Waals surface area contributed by atoms with E-state index >= 15 is 0 Å². The van der Waals surface area contributed by atoms with E-state index in [-0.39, 0.29) is 19.5 Å². The van der Waals surface area contributed by atoms with Crippen LogP contribution in [0.2, 0.25) is 0 Å². The fraction of sp³-hybridized carbons (Fsp3) is 0.240. The van der Waals surface area contributed by atoms with Gasteiger partial charge >= 0.3 is 11.7 Å². The van der Waals surface area contributed by atoms with Gasteiger partial charge in [0.15, 0.2) is 16.7 Å². The van der Waals surface area contributed by atoms with Crippen LogP contribution in [0, 0.1) is 0 Å². The Hall–Kier alpha value is -4.47. The number of urea groups is 1. The number of nitrogens with zero attached hydrogens (tertiary/aromatic N) is 5. The third-order valence-electron chi connectivity index (χ3n) is 6.48. The molecular weight excluding hydrogens is 448 g/mol. The number of carbonyl (C=O) groups is 2. The molecule has 0 atom stereocenters. The van der Waals surface area contributed by atoms with E-state index in [0.717, 1.165) is 9.47 Å². The summed E-state index contributed by atoms with van der Waals surface area (Å²) in [5, 5.41) is 2.90. The van der Waals surface area contributed by atoms with E-state index < -0.39 is 28.7 Å². The van der Waals surface area contributed by atoms with Crippen molar-refractivity contribution in [2.24, 2.45) is 14.1 Å². The largest absolute Gasteiger partial charge is 0.332 e. The first-order chi connectivity index (χ1) is 16.9. The van der Waals surface area contributed by atoms with Gasteiger partial charge in [-0.05, 0) is 17.5 Å². The molecule has 10 heteroatoms. The molecule has 0 radical (unpaired) electrons. The lowest BCUT2D eigenvalue weighted by Gasteiger charge is -2.28. The molecule has 1 aliphatic rings. The van der Waals surface area contributed by atoms with Gasteiger partial charge in [-0.3, -0.25) is 23.6 Å².